The van der Waals surface area contributed by atoms with Crippen molar-refractivity contribution in [1.82, 2.24) is 0 Å². The third-order valence-corrected chi connectivity index (χ3v) is 1.17. The molecule has 0 aliphatic heterocycles. The summed E-state index contributed by atoms with van der Waals surface area (Å²) in [6.07, 6.45) is 0. The molecule has 0 unspecified atom stereocenters. The van der Waals surface area contributed by atoms with Gasteiger partial charge in [0, 0.05) is 14.1 Å². The lowest BCUT2D eigenvalue weighted by molar-refractivity contribution is 1.36. The zero-order valence-corrected chi connectivity index (χ0v) is 6.20. The van der Waals surface area contributed by atoms with E-state index in [0.29, 0.717) is 0 Å². The molecule has 0 N–H and O–H groups in total. The molecule has 44 valence electrons. The number of hydrogen-bond donors (Lipinski definition) is 0. The van der Waals surface area contributed by atoms with E-state index in [1.54, 1.807) is 0 Å². The Balaban J connectivity index is 3.67. The Morgan fingerprint density at radius 3 is 2.00 bits per heavy atom. The quantitative estimate of drug-likeness (QED) is 0.505. The Kier molecular flexibility index (Phi) is 3.38. The van der Waals surface area contributed by atoms with Crippen molar-refractivity contribution >= 4 is 8.37 Å². The lowest BCUT2D eigenvalue weighted by Gasteiger charge is -1.82. The first-order chi connectivity index (χ1) is 3.63. The molecule has 0 saturated carbocycles. The smallest absolute Gasteiger partial charge is 0.0401 e. The lowest BCUT2D eigenvalue weighted by atomic mass is 10.6. The van der Waals surface area contributed by atoms with Gasteiger partial charge in [-0.15, -0.1) is 0 Å². The second-order valence-electron chi connectivity index (χ2n) is 1.67. The molecule has 0 atom stereocenters. The van der Waals surface area contributed by atoms with E-state index in [9.17, 15) is 0 Å². The van der Waals surface area contributed by atoms with Crippen LogP contribution in [0.5, 0.6) is 0 Å². The minimum Gasteiger partial charge on any atom is -0.233 e. The van der Waals surface area contributed by atoms with Crippen LogP contribution in [0.2, 0.25) is 0 Å². The maximum atomic E-state index is 4.00. The van der Waals surface area contributed by atoms with Crippen LogP contribution in [0.4, 0.5) is 0 Å². The second kappa shape index (κ2) is 3.57. The molecule has 0 fully saturated rings. The first-order valence-corrected chi connectivity index (χ1v) is 3.20. The third kappa shape index (κ3) is 5.58. The summed E-state index contributed by atoms with van der Waals surface area (Å²) in [6.45, 7) is 11.1. The maximum Gasteiger partial charge on any atom is 0.0401 e. The minimum atomic E-state index is 0.856. The van der Waals surface area contributed by atoms with Gasteiger partial charge < -0.3 is 0 Å². The number of allylic oxidation sites excluding steroid dienone is 2. The fourth-order valence-corrected chi connectivity index (χ4v) is 0.512. The molecule has 0 amide bonds. The van der Waals surface area contributed by atoms with Crippen molar-refractivity contribution in [1.29, 1.82) is 0 Å². The Labute approximate surface area is 52.0 Å². The molecule has 0 bridgehead atoms. The molecule has 2 heteroatoms. The van der Waals surface area contributed by atoms with Gasteiger partial charge in [0.2, 0.25) is 0 Å². The van der Waals surface area contributed by atoms with Crippen LogP contribution in [-0.4, -0.2) is 0 Å². The summed E-state index contributed by atoms with van der Waals surface area (Å²) in [6, 6.07) is 0. The van der Waals surface area contributed by atoms with Crippen molar-refractivity contribution in [2.45, 2.75) is 13.8 Å². The van der Waals surface area contributed by atoms with Gasteiger partial charge >= 0.3 is 0 Å². The average Bonchev–Trinajstić information content (AvgIpc) is 1.61. The summed E-state index contributed by atoms with van der Waals surface area (Å²) in [5.74, 6) is 0. The van der Waals surface area contributed by atoms with E-state index in [2.05, 4.69) is 17.9 Å². The summed E-state index contributed by atoms with van der Waals surface area (Å²) in [5.41, 5.74) is 0.856. The molecule has 0 rings (SSSR count). The summed E-state index contributed by atoms with van der Waals surface area (Å²) in [7, 11) is 0.935. The van der Waals surface area contributed by atoms with Crippen molar-refractivity contribution in [2.24, 2.45) is 4.74 Å². The van der Waals surface area contributed by atoms with Gasteiger partial charge in [-0.3, -0.25) is 0 Å². The fraction of sp³-hybridized carbons (Fsp3) is 0.333. The van der Waals surface area contributed by atoms with Gasteiger partial charge in [-0.1, -0.05) is 13.2 Å². The molecular formula is C6H10NP. The highest BCUT2D eigenvalue weighted by molar-refractivity contribution is 7.32. The zero-order valence-electron chi connectivity index (χ0n) is 5.31. The molecule has 0 aliphatic rings. The molecule has 0 aromatic carbocycles. The summed E-state index contributed by atoms with van der Waals surface area (Å²) in [5, 5.41) is 1.05. The van der Waals surface area contributed by atoms with Crippen LogP contribution in [0, 0.1) is 0 Å². The van der Waals surface area contributed by atoms with E-state index in [0.717, 1.165) is 19.4 Å². The topological polar surface area (TPSA) is 12.4 Å². The van der Waals surface area contributed by atoms with Gasteiger partial charge in [-0.25, -0.2) is 4.74 Å². The summed E-state index contributed by atoms with van der Waals surface area (Å²) in [4.78, 5) is 0. The van der Waals surface area contributed by atoms with Gasteiger partial charge in [-0.2, -0.15) is 0 Å². The standard InChI is InChI=1S/C6H10NP/c1-5(2)7-8-6(3)4/h1,3H2,2,4H3. The first kappa shape index (κ1) is 7.58. The second-order valence-corrected chi connectivity index (χ2v) is 2.83. The highest BCUT2D eigenvalue weighted by atomic mass is 31.1. The lowest BCUT2D eigenvalue weighted by Crippen LogP contribution is -1.53. The van der Waals surface area contributed by atoms with Crippen molar-refractivity contribution in [3.8, 4) is 0 Å². The Morgan fingerprint density at radius 1 is 1.38 bits per heavy atom. The van der Waals surface area contributed by atoms with Crippen molar-refractivity contribution in [3.05, 3.63) is 24.2 Å². The van der Waals surface area contributed by atoms with Crippen LogP contribution >= 0.6 is 8.37 Å². The predicted molar refractivity (Wildman–Crippen MR) is 39.0 cm³/mol. The van der Waals surface area contributed by atoms with Crippen LogP contribution < -0.4 is 0 Å². The molecule has 1 nitrogen and oxygen atoms in total. The van der Waals surface area contributed by atoms with E-state index < -0.39 is 0 Å². The van der Waals surface area contributed by atoms with E-state index in [1.807, 2.05) is 13.8 Å². The van der Waals surface area contributed by atoms with Crippen LogP contribution in [0.1, 0.15) is 13.8 Å². The van der Waals surface area contributed by atoms with Crippen molar-refractivity contribution in [2.75, 3.05) is 0 Å². The van der Waals surface area contributed by atoms with Gasteiger partial charge in [0.15, 0.2) is 0 Å². The van der Waals surface area contributed by atoms with E-state index >= 15 is 0 Å². The molecule has 0 radical (unpaired) electrons. The maximum absolute atomic E-state index is 4.00. The number of hydrogen-bond acceptors (Lipinski definition) is 1. The third-order valence-electron chi connectivity index (χ3n) is 0.391. The zero-order chi connectivity index (χ0) is 6.57. The molecule has 0 heterocycles. The van der Waals surface area contributed by atoms with Crippen molar-refractivity contribution in [3.63, 3.8) is 0 Å². The normalized spacial score (nSPS) is 9.75. The highest BCUT2D eigenvalue weighted by Crippen LogP contribution is 2.13. The first-order valence-electron chi connectivity index (χ1n) is 2.35. The number of nitrogens with zero attached hydrogens (tertiary/aromatic N) is 1. The Morgan fingerprint density at radius 2 is 1.88 bits per heavy atom. The SMILES string of the molecule is C=C(C)N=PC(=C)C. The van der Waals surface area contributed by atoms with Crippen LogP contribution in [0.25, 0.3) is 0 Å². The predicted octanol–water partition coefficient (Wildman–Crippen LogP) is 3.18. The van der Waals surface area contributed by atoms with Gasteiger partial charge in [-0.05, 0) is 19.2 Å². The van der Waals surface area contributed by atoms with Gasteiger partial charge in [0.25, 0.3) is 0 Å². The molecule has 0 aromatic heterocycles. The highest BCUT2D eigenvalue weighted by Gasteiger charge is 1.75. The molecule has 8 heavy (non-hydrogen) atoms. The van der Waals surface area contributed by atoms with E-state index in [-0.39, 0.29) is 0 Å². The monoisotopic (exact) mass is 127 g/mol. The Bertz CT molecular complexity index is 119. The van der Waals surface area contributed by atoms with Crippen LogP contribution in [-0.2, 0) is 0 Å². The van der Waals surface area contributed by atoms with Gasteiger partial charge in [0.05, 0.1) is 0 Å². The van der Waals surface area contributed by atoms with Gasteiger partial charge in [0.1, 0.15) is 0 Å². The van der Waals surface area contributed by atoms with E-state index in [1.165, 1.54) is 0 Å². The summed E-state index contributed by atoms with van der Waals surface area (Å²) < 4.78 is 4.00. The number of rotatable bonds is 2. The largest absolute Gasteiger partial charge is 0.233 e. The Hall–Kier alpha value is -0.420. The van der Waals surface area contributed by atoms with Crippen LogP contribution in [0.3, 0.4) is 0 Å². The fourth-order valence-electron chi connectivity index (χ4n) is 0.171. The summed E-state index contributed by atoms with van der Waals surface area (Å²) >= 11 is 0. The van der Waals surface area contributed by atoms with Crippen LogP contribution in [0.15, 0.2) is 28.9 Å². The van der Waals surface area contributed by atoms with E-state index in [4.69, 9.17) is 0 Å². The average molecular weight is 127 g/mol. The molecule has 0 aliphatic carbocycles. The minimum absolute atomic E-state index is 0.856. The molecule has 0 aromatic rings. The molecule has 0 spiro atoms. The molecule has 0 saturated heterocycles. The van der Waals surface area contributed by atoms with Crippen molar-refractivity contribution < 1.29 is 0 Å². The molecular weight excluding hydrogens is 117 g/mol.